The summed E-state index contributed by atoms with van der Waals surface area (Å²) >= 11 is 0. The molecule has 0 heteroatoms. The Bertz CT molecular complexity index is 2190. The molecule has 0 saturated heterocycles. The van der Waals surface area contributed by atoms with Gasteiger partial charge in [-0.3, -0.25) is 0 Å². The lowest BCUT2D eigenvalue weighted by Crippen LogP contribution is -1.91. The van der Waals surface area contributed by atoms with Crippen LogP contribution in [-0.2, 0) is 0 Å². The van der Waals surface area contributed by atoms with Crippen molar-refractivity contribution in [1.82, 2.24) is 0 Å². The van der Waals surface area contributed by atoms with Crippen LogP contribution in [-0.4, -0.2) is 0 Å². The second-order valence-electron chi connectivity index (χ2n) is 8.30. The molecule has 0 saturated carbocycles. The standard InChI is InChI=1S/C34H22/c1-2-12-24(13-3-1)33-29-15-6-8-17-31(29)34(32-18-9-7-16-30(32)33)28-20-10-19-26-25-14-5-4-11-23(25)21-22-27(26)28/h1-22H/i6D,7D,8D,9D,15D,16D,17D,18D. The minimum Gasteiger partial charge on any atom is -0.0622 e. The summed E-state index contributed by atoms with van der Waals surface area (Å²) in [6.07, 6.45) is 0. The average Bonchev–Trinajstić information content (AvgIpc) is 3.03. The first-order valence-electron chi connectivity index (χ1n) is 15.1. The molecule has 34 heavy (non-hydrogen) atoms. The fraction of sp³-hybridized carbons (Fsp3) is 0. The highest BCUT2D eigenvalue weighted by Gasteiger charge is 2.17. The van der Waals surface area contributed by atoms with Gasteiger partial charge >= 0.3 is 0 Å². The summed E-state index contributed by atoms with van der Waals surface area (Å²) in [5.74, 6) is 0. The van der Waals surface area contributed by atoms with Crippen molar-refractivity contribution in [3.05, 3.63) is 133 Å². The number of hydrogen-bond acceptors (Lipinski definition) is 0. The van der Waals surface area contributed by atoms with Gasteiger partial charge in [-0.2, -0.15) is 0 Å². The first-order valence-corrected chi connectivity index (χ1v) is 11.1. The van der Waals surface area contributed by atoms with Gasteiger partial charge < -0.3 is 0 Å². The van der Waals surface area contributed by atoms with Crippen LogP contribution in [0.15, 0.2) is 133 Å². The Morgan fingerprint density at radius 2 is 0.971 bits per heavy atom. The zero-order valence-electron chi connectivity index (χ0n) is 26.1. The van der Waals surface area contributed by atoms with Crippen molar-refractivity contribution in [2.75, 3.05) is 0 Å². The van der Waals surface area contributed by atoms with E-state index in [1.807, 2.05) is 60.7 Å². The fourth-order valence-electron chi connectivity index (χ4n) is 5.05. The highest BCUT2D eigenvalue weighted by molar-refractivity contribution is 6.24. The first kappa shape index (κ1) is 12.7. The van der Waals surface area contributed by atoms with Gasteiger partial charge in [0.15, 0.2) is 0 Å². The molecule has 0 aliphatic heterocycles. The lowest BCUT2D eigenvalue weighted by Gasteiger charge is -2.19. The fourth-order valence-corrected chi connectivity index (χ4v) is 5.05. The van der Waals surface area contributed by atoms with E-state index in [2.05, 4.69) is 0 Å². The van der Waals surface area contributed by atoms with Crippen molar-refractivity contribution in [3.63, 3.8) is 0 Å². The summed E-state index contributed by atoms with van der Waals surface area (Å²) < 4.78 is 70.7. The Balaban J connectivity index is 1.85. The smallest absolute Gasteiger partial charge is 0.0622 e. The van der Waals surface area contributed by atoms with Gasteiger partial charge in [-0.15, -0.1) is 0 Å². The molecule has 7 aromatic carbocycles. The molecule has 0 radical (unpaired) electrons. The molecule has 0 atom stereocenters. The van der Waals surface area contributed by atoms with E-state index in [0.29, 0.717) is 22.3 Å². The van der Waals surface area contributed by atoms with Gasteiger partial charge in [-0.05, 0) is 65.3 Å². The van der Waals surface area contributed by atoms with Crippen molar-refractivity contribution < 1.29 is 11.0 Å². The summed E-state index contributed by atoms with van der Waals surface area (Å²) in [6, 6.07) is 24.0. The molecular formula is C34H22. The van der Waals surface area contributed by atoms with Gasteiger partial charge in [-0.25, -0.2) is 0 Å². The Kier molecular flexibility index (Phi) is 2.83. The number of hydrogen-bond donors (Lipinski definition) is 0. The van der Waals surface area contributed by atoms with Crippen LogP contribution in [0.1, 0.15) is 11.0 Å². The topological polar surface area (TPSA) is 0 Å². The predicted octanol–water partition coefficient (Wildman–Crippen LogP) is 9.63. The quantitative estimate of drug-likeness (QED) is 0.186. The second kappa shape index (κ2) is 7.57. The minimum atomic E-state index is -0.404. The van der Waals surface area contributed by atoms with Gasteiger partial charge in [0, 0.05) is 0 Å². The lowest BCUT2D eigenvalue weighted by molar-refractivity contribution is 1.66. The van der Waals surface area contributed by atoms with Crippen LogP contribution >= 0.6 is 0 Å². The SMILES string of the molecule is [2H]c1c([2H])c([2H])c2c(-c3cccc4c3ccc3ccccc34)c3c([2H])c([2H])c([2H])c([2H])c3c(-c3ccccc3)c2c1[2H]. The summed E-state index contributed by atoms with van der Waals surface area (Å²) in [4.78, 5) is 0. The van der Waals surface area contributed by atoms with E-state index < -0.39 is 24.2 Å². The highest BCUT2D eigenvalue weighted by Crippen LogP contribution is 2.45. The highest BCUT2D eigenvalue weighted by atomic mass is 14.2. The van der Waals surface area contributed by atoms with Crippen molar-refractivity contribution in [2.45, 2.75) is 0 Å². The number of rotatable bonds is 2. The summed E-state index contributed by atoms with van der Waals surface area (Å²) in [5.41, 5.74) is 1.94. The average molecular weight is 439 g/mol. The molecule has 0 spiro atoms. The minimum absolute atomic E-state index is 0.220. The van der Waals surface area contributed by atoms with Crippen LogP contribution in [0.25, 0.3) is 65.3 Å². The van der Waals surface area contributed by atoms with Crippen LogP contribution in [0, 0.1) is 0 Å². The maximum Gasteiger partial charge on any atom is 0.0629 e. The molecule has 0 nitrogen and oxygen atoms in total. The van der Waals surface area contributed by atoms with E-state index in [9.17, 15) is 0 Å². The maximum absolute atomic E-state index is 9.13. The van der Waals surface area contributed by atoms with Crippen LogP contribution in [0.3, 0.4) is 0 Å². The summed E-state index contributed by atoms with van der Waals surface area (Å²) in [7, 11) is 0. The Morgan fingerprint density at radius 3 is 1.68 bits per heavy atom. The third kappa shape index (κ3) is 2.79. The molecule has 0 aliphatic carbocycles. The third-order valence-corrected chi connectivity index (χ3v) is 6.49. The number of fused-ring (bicyclic) bond motifs is 5. The molecule has 0 unspecified atom stereocenters. The van der Waals surface area contributed by atoms with E-state index in [0.717, 1.165) is 21.5 Å². The van der Waals surface area contributed by atoms with Crippen LogP contribution in [0.4, 0.5) is 0 Å². The Labute approximate surface area is 210 Å². The van der Waals surface area contributed by atoms with E-state index >= 15 is 0 Å². The van der Waals surface area contributed by atoms with E-state index in [1.54, 1.807) is 24.3 Å². The number of benzene rings is 7. The molecule has 0 bridgehead atoms. The molecule has 0 heterocycles. The molecule has 158 valence electrons. The van der Waals surface area contributed by atoms with Gasteiger partial charge in [-0.1, -0.05) is 133 Å². The van der Waals surface area contributed by atoms with Gasteiger partial charge in [0.1, 0.15) is 0 Å². The van der Waals surface area contributed by atoms with Gasteiger partial charge in [0.25, 0.3) is 0 Å². The molecule has 7 aromatic rings. The predicted molar refractivity (Wildman–Crippen MR) is 147 cm³/mol. The van der Waals surface area contributed by atoms with E-state index in [-0.39, 0.29) is 45.7 Å². The maximum atomic E-state index is 9.13. The van der Waals surface area contributed by atoms with Crippen molar-refractivity contribution in [2.24, 2.45) is 0 Å². The second-order valence-corrected chi connectivity index (χ2v) is 8.30. The molecule has 0 fully saturated rings. The molecule has 7 rings (SSSR count). The molecule has 0 aliphatic rings. The van der Waals surface area contributed by atoms with Crippen LogP contribution < -0.4 is 0 Å². The van der Waals surface area contributed by atoms with E-state index in [4.69, 9.17) is 11.0 Å². The Morgan fingerprint density at radius 1 is 0.382 bits per heavy atom. The van der Waals surface area contributed by atoms with E-state index in [1.165, 1.54) is 0 Å². The zero-order chi connectivity index (χ0) is 29.4. The molecule has 0 amide bonds. The summed E-state index contributed by atoms with van der Waals surface area (Å²) in [6.45, 7) is 0. The molecular weight excluding hydrogens is 408 g/mol. The zero-order valence-corrected chi connectivity index (χ0v) is 18.1. The normalized spacial score (nSPS) is 14.8. The molecule has 0 aromatic heterocycles. The van der Waals surface area contributed by atoms with Gasteiger partial charge in [0.05, 0.1) is 11.0 Å². The third-order valence-electron chi connectivity index (χ3n) is 6.49. The summed E-state index contributed by atoms with van der Waals surface area (Å²) in [5, 5.41) is 4.67. The van der Waals surface area contributed by atoms with Crippen molar-refractivity contribution in [3.8, 4) is 22.3 Å². The first-order chi connectivity index (χ1) is 20.2. The largest absolute Gasteiger partial charge is 0.0629 e. The van der Waals surface area contributed by atoms with Crippen molar-refractivity contribution >= 4 is 43.1 Å². The monoisotopic (exact) mass is 438 g/mol. The molecule has 0 N–H and O–H groups in total. The van der Waals surface area contributed by atoms with Crippen LogP contribution in [0.2, 0.25) is 0 Å². The van der Waals surface area contributed by atoms with Gasteiger partial charge in [0.2, 0.25) is 0 Å². The lowest BCUT2D eigenvalue weighted by atomic mass is 9.84. The van der Waals surface area contributed by atoms with Crippen LogP contribution in [0.5, 0.6) is 0 Å². The Hall–Kier alpha value is -4.42. The van der Waals surface area contributed by atoms with Crippen molar-refractivity contribution in [1.29, 1.82) is 0 Å².